The van der Waals surface area contributed by atoms with E-state index in [1.165, 1.54) is 0 Å². The highest BCUT2D eigenvalue weighted by atomic mass is 15.1. The van der Waals surface area contributed by atoms with Gasteiger partial charge in [0, 0.05) is 19.2 Å². The van der Waals surface area contributed by atoms with Crippen molar-refractivity contribution >= 4 is 11.0 Å². The number of benzene rings is 1. The van der Waals surface area contributed by atoms with Crippen molar-refractivity contribution in [3.05, 3.63) is 59.7 Å². The first-order valence-corrected chi connectivity index (χ1v) is 6.90. The lowest BCUT2D eigenvalue weighted by Crippen LogP contribution is -2.10. The van der Waals surface area contributed by atoms with Crippen molar-refractivity contribution in [2.75, 3.05) is 0 Å². The molecule has 0 saturated heterocycles. The van der Waals surface area contributed by atoms with E-state index in [9.17, 15) is 0 Å². The van der Waals surface area contributed by atoms with Gasteiger partial charge in [0.25, 0.3) is 0 Å². The van der Waals surface area contributed by atoms with Gasteiger partial charge in [0.1, 0.15) is 5.82 Å². The summed E-state index contributed by atoms with van der Waals surface area (Å²) in [6.45, 7) is 3.36. The molecule has 0 radical (unpaired) electrons. The fourth-order valence-electron chi connectivity index (χ4n) is 2.54. The third kappa shape index (κ3) is 2.18. The van der Waals surface area contributed by atoms with Gasteiger partial charge in [-0.25, -0.2) is 4.98 Å². The molecule has 3 rings (SSSR count). The van der Waals surface area contributed by atoms with E-state index in [0.717, 1.165) is 41.1 Å². The van der Waals surface area contributed by atoms with Crippen LogP contribution in [0.4, 0.5) is 0 Å². The second-order valence-corrected chi connectivity index (χ2v) is 4.77. The van der Waals surface area contributed by atoms with Crippen LogP contribution >= 0.6 is 0 Å². The molecule has 0 atom stereocenters. The molecule has 2 aromatic heterocycles. The number of nitrogens with zero attached hydrogens (tertiary/aromatic N) is 3. The summed E-state index contributed by atoms with van der Waals surface area (Å²) in [5.74, 6) is 1.10. The maximum Gasteiger partial charge on any atom is 0.109 e. The first-order chi connectivity index (χ1) is 9.83. The Kier molecular flexibility index (Phi) is 3.48. The summed E-state index contributed by atoms with van der Waals surface area (Å²) in [7, 11) is 0. The Morgan fingerprint density at radius 1 is 1.15 bits per heavy atom. The molecule has 102 valence electrons. The average Bonchev–Trinajstić information content (AvgIpc) is 2.86. The predicted octanol–water partition coefficient (Wildman–Crippen LogP) is 2.50. The van der Waals surface area contributed by atoms with Crippen molar-refractivity contribution in [2.24, 2.45) is 5.73 Å². The lowest BCUT2D eigenvalue weighted by molar-refractivity contribution is 0.739. The minimum Gasteiger partial charge on any atom is -0.325 e. The van der Waals surface area contributed by atoms with Crippen molar-refractivity contribution in [1.29, 1.82) is 0 Å². The number of hydrogen-bond donors (Lipinski definition) is 1. The second kappa shape index (κ2) is 5.43. The van der Waals surface area contributed by atoms with Gasteiger partial charge >= 0.3 is 0 Å². The van der Waals surface area contributed by atoms with Gasteiger partial charge in [-0.15, -0.1) is 0 Å². The Hall–Kier alpha value is -2.20. The number of rotatable bonds is 4. The van der Waals surface area contributed by atoms with E-state index >= 15 is 0 Å². The molecule has 1 aromatic carbocycles. The predicted molar refractivity (Wildman–Crippen MR) is 80.3 cm³/mol. The Morgan fingerprint density at radius 2 is 2.00 bits per heavy atom. The van der Waals surface area contributed by atoms with E-state index in [2.05, 4.69) is 34.7 Å². The van der Waals surface area contributed by atoms with Gasteiger partial charge in [-0.05, 0) is 23.8 Å². The topological polar surface area (TPSA) is 56.7 Å². The first kappa shape index (κ1) is 12.8. The molecule has 0 aliphatic carbocycles. The summed E-state index contributed by atoms with van der Waals surface area (Å²) in [4.78, 5) is 9.05. The fraction of sp³-hybridized carbons (Fsp3) is 0.250. The van der Waals surface area contributed by atoms with Crippen LogP contribution in [0.2, 0.25) is 0 Å². The molecule has 4 nitrogen and oxygen atoms in total. The number of para-hydroxylation sites is 2. The fourth-order valence-corrected chi connectivity index (χ4v) is 2.54. The molecule has 0 unspecified atom stereocenters. The Balaban J connectivity index is 2.10. The molecule has 20 heavy (non-hydrogen) atoms. The zero-order valence-corrected chi connectivity index (χ0v) is 11.6. The van der Waals surface area contributed by atoms with Crippen LogP contribution in [0.5, 0.6) is 0 Å². The summed E-state index contributed by atoms with van der Waals surface area (Å²) < 4.78 is 2.26. The van der Waals surface area contributed by atoms with E-state index in [4.69, 9.17) is 10.7 Å². The van der Waals surface area contributed by atoms with Gasteiger partial charge in [0.05, 0.1) is 23.3 Å². The minimum absolute atomic E-state index is 0.463. The van der Waals surface area contributed by atoms with Gasteiger partial charge in [-0.2, -0.15) is 0 Å². The second-order valence-electron chi connectivity index (χ2n) is 4.77. The molecule has 0 amide bonds. The zero-order chi connectivity index (χ0) is 13.9. The van der Waals surface area contributed by atoms with Gasteiger partial charge in [-0.3, -0.25) is 4.98 Å². The van der Waals surface area contributed by atoms with Crippen LogP contribution in [-0.2, 0) is 19.5 Å². The van der Waals surface area contributed by atoms with Crippen LogP contribution < -0.4 is 5.73 Å². The molecule has 4 heteroatoms. The summed E-state index contributed by atoms with van der Waals surface area (Å²) in [6, 6.07) is 12.3. The molecular weight excluding hydrogens is 248 g/mol. The van der Waals surface area contributed by atoms with E-state index in [-0.39, 0.29) is 0 Å². The Labute approximate surface area is 118 Å². The third-order valence-electron chi connectivity index (χ3n) is 3.56. The third-order valence-corrected chi connectivity index (χ3v) is 3.56. The normalized spacial score (nSPS) is 11.1. The van der Waals surface area contributed by atoms with Crippen molar-refractivity contribution in [1.82, 2.24) is 14.5 Å². The SMILES string of the molecule is CCc1nc2ccccc2n1Cc1cccnc1CN. The number of aromatic nitrogens is 3. The number of nitrogens with two attached hydrogens (primary N) is 1. The van der Waals surface area contributed by atoms with Crippen LogP contribution in [0.3, 0.4) is 0 Å². The van der Waals surface area contributed by atoms with Gasteiger partial charge < -0.3 is 10.3 Å². The van der Waals surface area contributed by atoms with Gasteiger partial charge in [0.15, 0.2) is 0 Å². The largest absolute Gasteiger partial charge is 0.325 e. The lowest BCUT2D eigenvalue weighted by atomic mass is 10.2. The monoisotopic (exact) mass is 266 g/mol. The van der Waals surface area contributed by atoms with E-state index in [1.807, 2.05) is 18.2 Å². The minimum atomic E-state index is 0.463. The molecule has 0 bridgehead atoms. The van der Waals surface area contributed by atoms with Crippen LogP contribution in [0.15, 0.2) is 42.6 Å². The van der Waals surface area contributed by atoms with Gasteiger partial charge in [0.2, 0.25) is 0 Å². The van der Waals surface area contributed by atoms with Crippen molar-refractivity contribution in [3.63, 3.8) is 0 Å². The number of pyridine rings is 1. The van der Waals surface area contributed by atoms with E-state index < -0.39 is 0 Å². The van der Waals surface area contributed by atoms with Crippen molar-refractivity contribution in [2.45, 2.75) is 26.4 Å². The van der Waals surface area contributed by atoms with Crippen LogP contribution in [-0.4, -0.2) is 14.5 Å². The quantitative estimate of drug-likeness (QED) is 0.789. The Morgan fingerprint density at radius 3 is 2.80 bits per heavy atom. The van der Waals surface area contributed by atoms with Crippen LogP contribution in [0.1, 0.15) is 24.0 Å². The molecule has 0 aliphatic heterocycles. The zero-order valence-electron chi connectivity index (χ0n) is 11.6. The summed E-state index contributed by atoms with van der Waals surface area (Å²) in [6.07, 6.45) is 2.70. The number of imidazole rings is 1. The summed E-state index contributed by atoms with van der Waals surface area (Å²) in [5.41, 5.74) is 10.1. The number of aryl methyl sites for hydroxylation is 1. The first-order valence-electron chi connectivity index (χ1n) is 6.90. The Bertz CT molecular complexity index is 730. The summed E-state index contributed by atoms with van der Waals surface area (Å²) >= 11 is 0. The van der Waals surface area contributed by atoms with E-state index in [1.54, 1.807) is 6.20 Å². The highest BCUT2D eigenvalue weighted by molar-refractivity contribution is 5.76. The van der Waals surface area contributed by atoms with E-state index in [0.29, 0.717) is 6.54 Å². The highest BCUT2D eigenvalue weighted by Crippen LogP contribution is 2.19. The molecule has 2 heterocycles. The van der Waals surface area contributed by atoms with Gasteiger partial charge in [-0.1, -0.05) is 25.1 Å². The maximum absolute atomic E-state index is 5.78. The molecule has 0 fully saturated rings. The van der Waals surface area contributed by atoms with Crippen molar-refractivity contribution in [3.8, 4) is 0 Å². The number of hydrogen-bond acceptors (Lipinski definition) is 3. The average molecular weight is 266 g/mol. The molecule has 2 N–H and O–H groups in total. The molecule has 0 aliphatic rings. The maximum atomic E-state index is 5.78. The highest BCUT2D eigenvalue weighted by Gasteiger charge is 2.11. The standard InChI is InChI=1S/C16H18N4/c1-2-16-19-13-7-3-4-8-15(13)20(16)11-12-6-5-9-18-14(12)10-17/h3-9H,2,10-11,17H2,1H3. The van der Waals surface area contributed by atoms with Crippen LogP contribution in [0.25, 0.3) is 11.0 Å². The van der Waals surface area contributed by atoms with Crippen molar-refractivity contribution < 1.29 is 0 Å². The lowest BCUT2D eigenvalue weighted by Gasteiger charge is -2.11. The molecular formula is C16H18N4. The summed E-state index contributed by atoms with van der Waals surface area (Å²) in [5, 5.41) is 0. The molecule has 0 spiro atoms. The number of fused-ring (bicyclic) bond motifs is 1. The molecule has 3 aromatic rings. The smallest absolute Gasteiger partial charge is 0.109 e. The molecule has 0 saturated carbocycles. The van der Waals surface area contributed by atoms with Crippen LogP contribution in [0, 0.1) is 0 Å².